The van der Waals surface area contributed by atoms with Crippen molar-refractivity contribution in [3.8, 4) is 6.07 Å². The van der Waals surface area contributed by atoms with E-state index in [2.05, 4.69) is 54.1 Å². The van der Waals surface area contributed by atoms with Gasteiger partial charge >= 0.3 is 0 Å². The van der Waals surface area contributed by atoms with Crippen molar-refractivity contribution in [2.24, 2.45) is 5.92 Å². The molecule has 1 aromatic carbocycles. The van der Waals surface area contributed by atoms with E-state index in [-0.39, 0.29) is 17.4 Å². The summed E-state index contributed by atoms with van der Waals surface area (Å²) >= 11 is 0. The molecular weight excluding hydrogens is 294 g/mol. The lowest BCUT2D eigenvalue weighted by Crippen LogP contribution is -2.34. The molecule has 2 heterocycles. The molecule has 0 bridgehead atoms. The third-order valence-electron chi connectivity index (χ3n) is 5.99. The molecule has 24 heavy (non-hydrogen) atoms. The van der Waals surface area contributed by atoms with E-state index >= 15 is 0 Å². The standard InChI is InChI=1S/C21H23N3/c1-15-5-6-17(10-16(15)2)13-24-14-19(18-4-3-9-23-12-18)20(11-22)21(24)7-8-21/h3-6,9-10,12,19-20H,7-8,13-14H2,1-2H3/t19-,20+/m0/s1. The molecule has 2 aliphatic rings. The summed E-state index contributed by atoms with van der Waals surface area (Å²) in [6.07, 6.45) is 6.03. The molecule has 4 rings (SSSR count). The van der Waals surface area contributed by atoms with E-state index in [0.717, 1.165) is 25.9 Å². The molecule has 0 N–H and O–H groups in total. The van der Waals surface area contributed by atoms with Gasteiger partial charge in [0.25, 0.3) is 0 Å². The molecule has 1 saturated heterocycles. The van der Waals surface area contributed by atoms with E-state index < -0.39 is 0 Å². The summed E-state index contributed by atoms with van der Waals surface area (Å²) in [6.45, 7) is 6.22. The van der Waals surface area contributed by atoms with Crippen molar-refractivity contribution in [3.63, 3.8) is 0 Å². The number of rotatable bonds is 3. The summed E-state index contributed by atoms with van der Waals surface area (Å²) < 4.78 is 0. The molecular formula is C21H23N3. The van der Waals surface area contributed by atoms with Gasteiger partial charge in [0, 0.05) is 36.9 Å². The van der Waals surface area contributed by atoms with Gasteiger partial charge in [-0.25, -0.2) is 0 Å². The molecule has 1 aliphatic heterocycles. The SMILES string of the molecule is Cc1ccc(CN2C[C@@H](c3cccnc3)[C@@H](C#N)C23CC3)cc1C. The van der Waals surface area contributed by atoms with Crippen molar-refractivity contribution in [1.29, 1.82) is 5.26 Å². The van der Waals surface area contributed by atoms with E-state index in [9.17, 15) is 5.26 Å². The topological polar surface area (TPSA) is 39.9 Å². The summed E-state index contributed by atoms with van der Waals surface area (Å²) in [5.74, 6) is 0.353. The molecule has 3 heteroatoms. The molecule has 1 saturated carbocycles. The minimum atomic E-state index is 0.0771. The normalized spacial score (nSPS) is 24.9. The molecule has 1 aliphatic carbocycles. The predicted molar refractivity (Wildman–Crippen MR) is 94.4 cm³/mol. The van der Waals surface area contributed by atoms with Crippen LogP contribution < -0.4 is 0 Å². The van der Waals surface area contributed by atoms with Gasteiger partial charge in [0.05, 0.1) is 12.0 Å². The van der Waals surface area contributed by atoms with E-state index in [4.69, 9.17) is 0 Å². The maximum absolute atomic E-state index is 9.84. The van der Waals surface area contributed by atoms with Crippen LogP contribution in [0.25, 0.3) is 0 Å². The molecule has 122 valence electrons. The van der Waals surface area contributed by atoms with Crippen molar-refractivity contribution in [2.75, 3.05) is 6.54 Å². The second-order valence-electron chi connectivity index (χ2n) is 7.40. The van der Waals surface area contributed by atoms with Crippen LogP contribution in [-0.4, -0.2) is 22.0 Å². The molecule has 3 nitrogen and oxygen atoms in total. The lowest BCUT2D eigenvalue weighted by Gasteiger charge is -2.25. The third kappa shape index (κ3) is 2.42. The highest BCUT2D eigenvalue weighted by Crippen LogP contribution is 2.57. The average Bonchev–Trinajstić information content (AvgIpc) is 3.32. The number of aryl methyl sites for hydroxylation is 2. The summed E-state index contributed by atoms with van der Waals surface area (Å²) in [5, 5.41) is 9.84. The van der Waals surface area contributed by atoms with Crippen LogP contribution in [0.5, 0.6) is 0 Å². The number of benzene rings is 1. The number of likely N-dealkylation sites (tertiary alicyclic amines) is 1. The number of nitriles is 1. The van der Waals surface area contributed by atoms with Gasteiger partial charge in [-0.1, -0.05) is 24.3 Å². The molecule has 1 spiro atoms. The van der Waals surface area contributed by atoms with Crippen LogP contribution in [-0.2, 0) is 6.54 Å². The Kier molecular flexibility index (Phi) is 3.66. The first-order valence-electron chi connectivity index (χ1n) is 8.75. The Morgan fingerprint density at radius 2 is 2.08 bits per heavy atom. The highest BCUT2D eigenvalue weighted by atomic mass is 15.3. The zero-order valence-electron chi connectivity index (χ0n) is 14.4. The maximum Gasteiger partial charge on any atom is 0.0728 e. The summed E-state index contributed by atoms with van der Waals surface area (Å²) in [4.78, 5) is 6.83. The van der Waals surface area contributed by atoms with Crippen LogP contribution in [0.3, 0.4) is 0 Å². The van der Waals surface area contributed by atoms with E-state index in [1.807, 2.05) is 12.3 Å². The number of pyridine rings is 1. The largest absolute Gasteiger partial charge is 0.291 e. The van der Waals surface area contributed by atoms with Crippen molar-refractivity contribution in [3.05, 3.63) is 65.0 Å². The van der Waals surface area contributed by atoms with Gasteiger partial charge in [-0.3, -0.25) is 9.88 Å². The number of aromatic nitrogens is 1. The fourth-order valence-corrected chi connectivity index (χ4v) is 4.30. The first-order valence-corrected chi connectivity index (χ1v) is 8.75. The molecule has 2 atom stereocenters. The van der Waals surface area contributed by atoms with Crippen LogP contribution in [0.4, 0.5) is 0 Å². The third-order valence-corrected chi connectivity index (χ3v) is 5.99. The summed E-state index contributed by atoms with van der Waals surface area (Å²) in [5.41, 5.74) is 5.33. The minimum absolute atomic E-state index is 0.0771. The number of hydrogen-bond donors (Lipinski definition) is 0. The van der Waals surface area contributed by atoms with Gasteiger partial charge in [0.1, 0.15) is 0 Å². The average molecular weight is 317 g/mol. The van der Waals surface area contributed by atoms with Crippen molar-refractivity contribution < 1.29 is 0 Å². The van der Waals surface area contributed by atoms with E-state index in [1.54, 1.807) is 6.20 Å². The van der Waals surface area contributed by atoms with Crippen LogP contribution in [0.1, 0.15) is 41.0 Å². The Morgan fingerprint density at radius 1 is 1.25 bits per heavy atom. The summed E-state index contributed by atoms with van der Waals surface area (Å²) in [6, 6.07) is 13.5. The van der Waals surface area contributed by atoms with Gasteiger partial charge in [-0.05, 0) is 55.0 Å². The lowest BCUT2D eigenvalue weighted by molar-refractivity contribution is 0.211. The van der Waals surface area contributed by atoms with Gasteiger partial charge in [-0.2, -0.15) is 5.26 Å². The highest BCUT2D eigenvalue weighted by Gasteiger charge is 2.61. The monoisotopic (exact) mass is 317 g/mol. The maximum atomic E-state index is 9.84. The lowest BCUT2D eigenvalue weighted by atomic mass is 9.85. The number of hydrogen-bond acceptors (Lipinski definition) is 3. The van der Waals surface area contributed by atoms with Gasteiger partial charge in [-0.15, -0.1) is 0 Å². The molecule has 0 radical (unpaired) electrons. The number of nitrogens with zero attached hydrogens (tertiary/aromatic N) is 3. The zero-order valence-corrected chi connectivity index (χ0v) is 14.4. The van der Waals surface area contributed by atoms with Crippen molar-refractivity contribution >= 4 is 0 Å². The van der Waals surface area contributed by atoms with E-state index in [1.165, 1.54) is 22.3 Å². The van der Waals surface area contributed by atoms with Crippen LogP contribution in [0.2, 0.25) is 0 Å². The molecule has 1 aromatic heterocycles. The van der Waals surface area contributed by atoms with Crippen LogP contribution in [0.15, 0.2) is 42.7 Å². The highest BCUT2D eigenvalue weighted by molar-refractivity contribution is 5.33. The van der Waals surface area contributed by atoms with Crippen molar-refractivity contribution in [1.82, 2.24) is 9.88 Å². The zero-order chi connectivity index (χ0) is 16.7. The second-order valence-corrected chi connectivity index (χ2v) is 7.40. The fourth-order valence-electron chi connectivity index (χ4n) is 4.30. The Labute approximate surface area is 143 Å². The first-order chi connectivity index (χ1) is 11.6. The van der Waals surface area contributed by atoms with Gasteiger partial charge in [0.15, 0.2) is 0 Å². The minimum Gasteiger partial charge on any atom is -0.291 e. The predicted octanol–water partition coefficient (Wildman–Crippen LogP) is 3.97. The molecule has 0 amide bonds. The Bertz CT molecular complexity index is 786. The molecule has 2 aromatic rings. The smallest absolute Gasteiger partial charge is 0.0728 e. The Morgan fingerprint density at radius 3 is 2.71 bits per heavy atom. The first kappa shape index (κ1) is 15.4. The van der Waals surface area contributed by atoms with E-state index in [0.29, 0.717) is 0 Å². The van der Waals surface area contributed by atoms with Crippen molar-refractivity contribution in [2.45, 2.75) is 44.7 Å². The summed E-state index contributed by atoms with van der Waals surface area (Å²) in [7, 11) is 0. The van der Waals surface area contributed by atoms with Gasteiger partial charge in [0.2, 0.25) is 0 Å². The Hall–Kier alpha value is -2.18. The van der Waals surface area contributed by atoms with Crippen LogP contribution >= 0.6 is 0 Å². The molecule has 2 fully saturated rings. The molecule has 0 unspecified atom stereocenters. The van der Waals surface area contributed by atoms with Gasteiger partial charge < -0.3 is 0 Å². The second kappa shape index (κ2) is 5.72. The Balaban J connectivity index is 1.62. The fraction of sp³-hybridized carbons (Fsp3) is 0.429. The quantitative estimate of drug-likeness (QED) is 0.860. The van der Waals surface area contributed by atoms with Crippen LogP contribution in [0, 0.1) is 31.1 Å².